The van der Waals surface area contributed by atoms with Crippen LogP contribution >= 0.6 is 0 Å². The van der Waals surface area contributed by atoms with Gasteiger partial charge in [0.25, 0.3) is 0 Å². The fourth-order valence-corrected chi connectivity index (χ4v) is 2.60. The van der Waals surface area contributed by atoms with Gasteiger partial charge in [-0.2, -0.15) is 0 Å². The molecular formula is C16H24F2N2O. The van der Waals surface area contributed by atoms with Crippen LogP contribution < -0.4 is 5.32 Å². The molecule has 1 aliphatic heterocycles. The van der Waals surface area contributed by atoms with Crippen molar-refractivity contribution in [3.63, 3.8) is 0 Å². The van der Waals surface area contributed by atoms with E-state index < -0.39 is 0 Å². The first-order valence-electron chi connectivity index (χ1n) is 7.54. The van der Waals surface area contributed by atoms with E-state index in [4.69, 9.17) is 4.74 Å². The van der Waals surface area contributed by atoms with Crippen LogP contribution in [0.1, 0.15) is 31.0 Å². The van der Waals surface area contributed by atoms with Gasteiger partial charge >= 0.3 is 0 Å². The first-order valence-corrected chi connectivity index (χ1v) is 7.54. The van der Waals surface area contributed by atoms with Crippen molar-refractivity contribution in [1.82, 2.24) is 10.2 Å². The maximum absolute atomic E-state index is 13.9. The molecule has 1 saturated heterocycles. The summed E-state index contributed by atoms with van der Waals surface area (Å²) in [5.74, 6) is -0.736. The molecule has 0 spiro atoms. The highest BCUT2D eigenvalue weighted by Gasteiger charge is 2.21. The van der Waals surface area contributed by atoms with Gasteiger partial charge in [0.05, 0.1) is 12.7 Å². The van der Waals surface area contributed by atoms with Crippen molar-refractivity contribution in [2.24, 2.45) is 0 Å². The zero-order valence-corrected chi connectivity index (χ0v) is 13.0. The molecule has 1 fully saturated rings. The fraction of sp³-hybridized carbons (Fsp3) is 0.625. The van der Waals surface area contributed by atoms with Crippen molar-refractivity contribution in [1.29, 1.82) is 0 Å². The molecule has 0 amide bonds. The number of hydrogen-bond acceptors (Lipinski definition) is 3. The van der Waals surface area contributed by atoms with Crippen LogP contribution in [0.2, 0.25) is 0 Å². The molecule has 1 N–H and O–H groups in total. The third-order valence-corrected chi connectivity index (χ3v) is 4.07. The van der Waals surface area contributed by atoms with Gasteiger partial charge in [0.2, 0.25) is 0 Å². The number of rotatable bonds is 5. The predicted octanol–water partition coefficient (Wildman–Crippen LogP) is 2.64. The molecule has 2 rings (SSSR count). The predicted molar refractivity (Wildman–Crippen MR) is 79.4 cm³/mol. The van der Waals surface area contributed by atoms with Gasteiger partial charge in [-0.15, -0.1) is 0 Å². The lowest BCUT2D eigenvalue weighted by Crippen LogP contribution is -2.46. The second-order valence-electron chi connectivity index (χ2n) is 5.64. The third kappa shape index (κ3) is 4.22. The van der Waals surface area contributed by atoms with Crippen molar-refractivity contribution < 1.29 is 13.5 Å². The first kappa shape index (κ1) is 16.3. The van der Waals surface area contributed by atoms with Gasteiger partial charge in [0.1, 0.15) is 11.6 Å². The molecule has 1 heterocycles. The molecule has 118 valence electrons. The number of likely N-dealkylation sites (N-methyl/N-ethyl adjacent to an activating group) is 1. The normalized spacial score (nSPS) is 21.5. The quantitative estimate of drug-likeness (QED) is 0.904. The van der Waals surface area contributed by atoms with Crippen LogP contribution in [0.3, 0.4) is 0 Å². The first-order chi connectivity index (χ1) is 10.0. The summed E-state index contributed by atoms with van der Waals surface area (Å²) < 4.78 is 33.2. The van der Waals surface area contributed by atoms with Gasteiger partial charge in [-0.05, 0) is 38.1 Å². The molecule has 3 nitrogen and oxygen atoms in total. The van der Waals surface area contributed by atoms with Crippen molar-refractivity contribution >= 4 is 0 Å². The highest BCUT2D eigenvalue weighted by Crippen LogP contribution is 2.20. The van der Waals surface area contributed by atoms with E-state index >= 15 is 0 Å². The molecule has 0 saturated carbocycles. The van der Waals surface area contributed by atoms with Crippen molar-refractivity contribution in [2.45, 2.75) is 32.9 Å². The Labute approximate surface area is 125 Å². The average molecular weight is 298 g/mol. The highest BCUT2D eigenvalue weighted by molar-refractivity contribution is 5.27. The molecule has 0 bridgehead atoms. The minimum Gasteiger partial charge on any atom is -0.374 e. The maximum atomic E-state index is 13.9. The summed E-state index contributed by atoms with van der Waals surface area (Å²) >= 11 is 0. The number of nitrogens with one attached hydrogen (secondary N) is 1. The van der Waals surface area contributed by atoms with Gasteiger partial charge in [0.15, 0.2) is 0 Å². The summed E-state index contributed by atoms with van der Waals surface area (Å²) in [6, 6.07) is 2.28. The molecule has 0 aliphatic carbocycles. The minimum absolute atomic E-state index is 0.0968. The fourth-order valence-electron chi connectivity index (χ4n) is 2.60. The number of morpholine rings is 1. The van der Waals surface area contributed by atoms with E-state index in [1.807, 2.05) is 6.92 Å². The Morgan fingerprint density at radius 2 is 2.14 bits per heavy atom. The number of halogens is 2. The lowest BCUT2D eigenvalue weighted by atomic mass is 10.0. The molecule has 5 heteroatoms. The number of benzene rings is 1. The van der Waals surface area contributed by atoms with E-state index in [-0.39, 0.29) is 23.8 Å². The van der Waals surface area contributed by atoms with Gasteiger partial charge in [-0.25, -0.2) is 8.78 Å². The van der Waals surface area contributed by atoms with Crippen LogP contribution in [0.15, 0.2) is 12.1 Å². The molecule has 21 heavy (non-hydrogen) atoms. The second-order valence-corrected chi connectivity index (χ2v) is 5.64. The summed E-state index contributed by atoms with van der Waals surface area (Å²) in [6.45, 7) is 9.73. The van der Waals surface area contributed by atoms with Gasteiger partial charge in [-0.3, -0.25) is 4.90 Å². The van der Waals surface area contributed by atoms with Crippen LogP contribution in [0.4, 0.5) is 8.78 Å². The second kappa shape index (κ2) is 7.29. The highest BCUT2D eigenvalue weighted by atomic mass is 19.1. The Morgan fingerprint density at radius 1 is 1.38 bits per heavy atom. The molecule has 2 atom stereocenters. The molecule has 1 aromatic rings. The van der Waals surface area contributed by atoms with Gasteiger partial charge < -0.3 is 10.1 Å². The number of ether oxygens (including phenoxy) is 1. The summed E-state index contributed by atoms with van der Waals surface area (Å²) in [7, 11) is 0. The Morgan fingerprint density at radius 3 is 2.86 bits per heavy atom. The molecule has 0 aromatic heterocycles. The van der Waals surface area contributed by atoms with Gasteiger partial charge in [0, 0.05) is 31.2 Å². The van der Waals surface area contributed by atoms with Crippen molar-refractivity contribution in [3.8, 4) is 0 Å². The summed E-state index contributed by atoms with van der Waals surface area (Å²) in [6.07, 6.45) is 0.0968. The van der Waals surface area contributed by atoms with Crippen LogP contribution in [-0.4, -0.2) is 43.8 Å². The van der Waals surface area contributed by atoms with Crippen molar-refractivity contribution in [2.75, 3.05) is 32.8 Å². The molecule has 1 aromatic carbocycles. The largest absolute Gasteiger partial charge is 0.374 e. The Kier molecular flexibility index (Phi) is 5.67. The Balaban J connectivity index is 1.92. The maximum Gasteiger partial charge on any atom is 0.128 e. The molecule has 1 aliphatic rings. The van der Waals surface area contributed by atoms with Crippen LogP contribution in [0.25, 0.3) is 0 Å². The lowest BCUT2D eigenvalue weighted by molar-refractivity contribution is -0.0262. The SMILES string of the molecule is CCN1CCOC(CNC(C)c2cc(F)c(C)cc2F)C1. The smallest absolute Gasteiger partial charge is 0.128 e. The summed E-state index contributed by atoms with van der Waals surface area (Å²) in [5.41, 5.74) is 0.693. The zero-order valence-electron chi connectivity index (χ0n) is 13.0. The molecule has 0 radical (unpaired) electrons. The van der Waals surface area contributed by atoms with Gasteiger partial charge in [-0.1, -0.05) is 6.92 Å². The molecule has 2 unspecified atom stereocenters. The topological polar surface area (TPSA) is 24.5 Å². The van der Waals surface area contributed by atoms with Crippen molar-refractivity contribution in [3.05, 3.63) is 34.9 Å². The Bertz CT molecular complexity index is 482. The monoisotopic (exact) mass is 298 g/mol. The van der Waals surface area contributed by atoms with E-state index in [1.165, 1.54) is 12.1 Å². The Hall–Kier alpha value is -1.04. The third-order valence-electron chi connectivity index (χ3n) is 4.07. The van der Waals surface area contributed by atoms with Crippen LogP contribution in [-0.2, 0) is 4.74 Å². The summed E-state index contributed by atoms with van der Waals surface area (Å²) in [4.78, 5) is 2.33. The minimum atomic E-state index is -0.369. The summed E-state index contributed by atoms with van der Waals surface area (Å²) in [5, 5.41) is 3.24. The van der Waals surface area contributed by atoms with E-state index in [0.29, 0.717) is 17.7 Å². The van der Waals surface area contributed by atoms with E-state index in [0.717, 1.165) is 26.2 Å². The van der Waals surface area contributed by atoms with Crippen LogP contribution in [0, 0.1) is 18.6 Å². The average Bonchev–Trinajstić information content (AvgIpc) is 2.48. The number of nitrogens with zero attached hydrogens (tertiary/aromatic N) is 1. The standard InChI is InChI=1S/C16H24F2N2O/c1-4-20-5-6-21-13(10-20)9-19-12(3)14-8-15(17)11(2)7-16(14)18/h7-8,12-13,19H,4-6,9-10H2,1-3H3. The number of aryl methyl sites for hydroxylation is 1. The number of hydrogen-bond donors (Lipinski definition) is 1. The van der Waals surface area contributed by atoms with E-state index in [2.05, 4.69) is 17.1 Å². The molecular weight excluding hydrogens is 274 g/mol. The van der Waals surface area contributed by atoms with Crippen LogP contribution in [0.5, 0.6) is 0 Å². The lowest BCUT2D eigenvalue weighted by Gasteiger charge is -2.32. The van der Waals surface area contributed by atoms with E-state index in [1.54, 1.807) is 6.92 Å². The zero-order chi connectivity index (χ0) is 15.4. The van der Waals surface area contributed by atoms with E-state index in [9.17, 15) is 8.78 Å².